The quantitative estimate of drug-likeness (QED) is 0.530. The summed E-state index contributed by atoms with van der Waals surface area (Å²) in [5, 5.41) is 13.1. The van der Waals surface area contributed by atoms with Crippen molar-refractivity contribution in [1.29, 1.82) is 0 Å². The number of hydrogen-bond donors (Lipinski definition) is 0. The maximum absolute atomic E-state index is 12.9. The van der Waals surface area contributed by atoms with Crippen molar-refractivity contribution in [2.24, 2.45) is 7.05 Å². The van der Waals surface area contributed by atoms with Crippen LogP contribution in [0.25, 0.3) is 16.9 Å². The Kier molecular flexibility index (Phi) is 4.42. The maximum atomic E-state index is 12.9. The molecule has 0 spiro atoms. The molecule has 0 aliphatic rings. The lowest BCUT2D eigenvalue weighted by molar-refractivity contribution is 0.0779. The Morgan fingerprint density at radius 1 is 1.25 bits per heavy atom. The van der Waals surface area contributed by atoms with Crippen LogP contribution in [-0.4, -0.2) is 52.0 Å². The Labute approximate surface area is 162 Å². The molecular formula is C19H22N8O. The number of carbonyl (C=O) groups is 1. The summed E-state index contributed by atoms with van der Waals surface area (Å²) in [6.45, 7) is 5.33. The standard InChI is InChI=1S/C19H22N8O/c1-5-26-13(2)15(10-22-26)17-6-7-20-18-8-16(23-27(17)18)19(28)24(3)11-14-9-21-25(4)12-14/h6-10,12H,5,11H2,1-4H3. The summed E-state index contributed by atoms with van der Waals surface area (Å²) >= 11 is 0. The van der Waals surface area contributed by atoms with Crippen LogP contribution in [0.2, 0.25) is 0 Å². The van der Waals surface area contributed by atoms with Crippen molar-refractivity contribution < 1.29 is 4.79 Å². The molecule has 0 radical (unpaired) electrons. The molecule has 0 saturated carbocycles. The molecule has 0 atom stereocenters. The number of aromatic nitrogens is 7. The van der Waals surface area contributed by atoms with Crippen LogP contribution in [0.4, 0.5) is 0 Å². The second-order valence-electron chi connectivity index (χ2n) is 6.77. The number of aryl methyl sites for hydroxylation is 2. The number of amides is 1. The Morgan fingerprint density at radius 3 is 2.75 bits per heavy atom. The van der Waals surface area contributed by atoms with E-state index in [0.717, 1.165) is 29.1 Å². The molecule has 4 rings (SSSR count). The van der Waals surface area contributed by atoms with Crippen LogP contribution >= 0.6 is 0 Å². The van der Waals surface area contributed by atoms with E-state index in [1.807, 2.05) is 37.1 Å². The highest BCUT2D eigenvalue weighted by Gasteiger charge is 2.19. The van der Waals surface area contributed by atoms with Gasteiger partial charge in [-0.1, -0.05) is 0 Å². The van der Waals surface area contributed by atoms with Gasteiger partial charge in [0.2, 0.25) is 0 Å². The first-order chi connectivity index (χ1) is 13.5. The fraction of sp³-hybridized carbons (Fsp3) is 0.316. The van der Waals surface area contributed by atoms with Crippen LogP contribution in [0.5, 0.6) is 0 Å². The molecule has 4 aromatic heterocycles. The zero-order chi connectivity index (χ0) is 19.8. The lowest BCUT2D eigenvalue weighted by atomic mass is 10.2. The summed E-state index contributed by atoms with van der Waals surface area (Å²) in [6, 6.07) is 3.60. The number of carbonyl (C=O) groups excluding carboxylic acids is 1. The summed E-state index contributed by atoms with van der Waals surface area (Å²) in [6.07, 6.45) is 7.19. The third-order valence-electron chi connectivity index (χ3n) is 4.78. The van der Waals surface area contributed by atoms with E-state index < -0.39 is 0 Å². The van der Waals surface area contributed by atoms with Gasteiger partial charge in [0.15, 0.2) is 11.3 Å². The minimum Gasteiger partial charge on any atom is -0.336 e. The molecule has 1 amide bonds. The molecule has 0 fully saturated rings. The first-order valence-electron chi connectivity index (χ1n) is 9.08. The largest absolute Gasteiger partial charge is 0.336 e. The molecule has 0 N–H and O–H groups in total. The van der Waals surface area contributed by atoms with E-state index in [9.17, 15) is 4.79 Å². The lowest BCUT2D eigenvalue weighted by Crippen LogP contribution is -2.26. The van der Waals surface area contributed by atoms with Crippen molar-refractivity contribution in [3.05, 3.63) is 53.9 Å². The molecule has 0 saturated heterocycles. The van der Waals surface area contributed by atoms with Crippen LogP contribution in [0.1, 0.15) is 28.7 Å². The van der Waals surface area contributed by atoms with Crippen molar-refractivity contribution >= 4 is 11.6 Å². The van der Waals surface area contributed by atoms with Crippen LogP contribution in [0.3, 0.4) is 0 Å². The summed E-state index contributed by atoms with van der Waals surface area (Å²) < 4.78 is 5.35. The van der Waals surface area contributed by atoms with E-state index >= 15 is 0 Å². The number of nitrogens with zero attached hydrogens (tertiary/aromatic N) is 8. The van der Waals surface area contributed by atoms with Gasteiger partial charge in [-0.15, -0.1) is 0 Å². The van der Waals surface area contributed by atoms with Gasteiger partial charge in [-0.3, -0.25) is 14.2 Å². The molecule has 9 heteroatoms. The predicted molar refractivity (Wildman–Crippen MR) is 104 cm³/mol. The molecule has 4 heterocycles. The van der Waals surface area contributed by atoms with Gasteiger partial charge in [-0.25, -0.2) is 9.50 Å². The number of rotatable bonds is 5. The van der Waals surface area contributed by atoms with Crippen LogP contribution in [0.15, 0.2) is 36.9 Å². The van der Waals surface area contributed by atoms with Gasteiger partial charge in [0, 0.05) is 62.5 Å². The molecule has 9 nitrogen and oxygen atoms in total. The highest BCUT2D eigenvalue weighted by atomic mass is 16.2. The van der Waals surface area contributed by atoms with E-state index in [0.29, 0.717) is 17.9 Å². The summed E-state index contributed by atoms with van der Waals surface area (Å²) in [7, 11) is 3.60. The summed E-state index contributed by atoms with van der Waals surface area (Å²) in [5.41, 5.74) is 4.82. The van der Waals surface area contributed by atoms with Gasteiger partial charge in [-0.2, -0.15) is 15.3 Å². The highest BCUT2D eigenvalue weighted by Crippen LogP contribution is 2.23. The second-order valence-corrected chi connectivity index (χ2v) is 6.77. The Balaban J connectivity index is 1.68. The van der Waals surface area contributed by atoms with Crippen LogP contribution in [-0.2, 0) is 20.1 Å². The third kappa shape index (κ3) is 3.04. The molecule has 0 unspecified atom stereocenters. The van der Waals surface area contributed by atoms with Gasteiger partial charge in [0.05, 0.1) is 18.1 Å². The normalized spacial score (nSPS) is 11.3. The van der Waals surface area contributed by atoms with Gasteiger partial charge in [0.1, 0.15) is 0 Å². The third-order valence-corrected chi connectivity index (χ3v) is 4.78. The number of hydrogen-bond acceptors (Lipinski definition) is 5. The minimum atomic E-state index is -0.165. The Hall–Kier alpha value is -3.49. The van der Waals surface area contributed by atoms with Crippen LogP contribution in [0, 0.1) is 6.92 Å². The zero-order valence-electron chi connectivity index (χ0n) is 16.4. The van der Waals surface area contributed by atoms with E-state index in [-0.39, 0.29) is 5.91 Å². The predicted octanol–water partition coefficient (Wildman–Crippen LogP) is 1.93. The van der Waals surface area contributed by atoms with E-state index in [2.05, 4.69) is 27.2 Å². The van der Waals surface area contributed by atoms with Crippen LogP contribution < -0.4 is 0 Å². The molecule has 0 bridgehead atoms. The average molecular weight is 378 g/mol. The van der Waals surface area contributed by atoms with E-state index in [1.165, 1.54) is 0 Å². The monoisotopic (exact) mass is 378 g/mol. The molecule has 4 aromatic rings. The van der Waals surface area contributed by atoms with Crippen molar-refractivity contribution in [2.45, 2.75) is 26.9 Å². The molecule has 28 heavy (non-hydrogen) atoms. The second kappa shape index (κ2) is 6.91. The zero-order valence-corrected chi connectivity index (χ0v) is 16.4. The first-order valence-corrected chi connectivity index (χ1v) is 9.08. The number of fused-ring (bicyclic) bond motifs is 1. The van der Waals surface area contributed by atoms with Crippen molar-refractivity contribution in [3.8, 4) is 11.3 Å². The molecule has 0 aliphatic carbocycles. The van der Waals surface area contributed by atoms with Crippen molar-refractivity contribution in [2.75, 3.05) is 7.05 Å². The fourth-order valence-corrected chi connectivity index (χ4v) is 3.32. The molecular weight excluding hydrogens is 356 g/mol. The van der Waals surface area contributed by atoms with Gasteiger partial charge < -0.3 is 4.90 Å². The topological polar surface area (TPSA) is 86.1 Å². The molecule has 0 aliphatic heterocycles. The van der Waals surface area contributed by atoms with Gasteiger partial charge in [0.25, 0.3) is 5.91 Å². The van der Waals surface area contributed by atoms with Crippen molar-refractivity contribution in [3.63, 3.8) is 0 Å². The van der Waals surface area contributed by atoms with Gasteiger partial charge >= 0.3 is 0 Å². The Morgan fingerprint density at radius 2 is 2.07 bits per heavy atom. The SMILES string of the molecule is CCn1ncc(-c2ccnc3cc(C(=O)N(C)Cc4cnn(C)c4)nn23)c1C. The van der Waals surface area contributed by atoms with Gasteiger partial charge in [-0.05, 0) is 19.9 Å². The minimum absolute atomic E-state index is 0.165. The average Bonchev–Trinajstić information content (AvgIpc) is 3.39. The summed E-state index contributed by atoms with van der Waals surface area (Å²) in [4.78, 5) is 18.9. The van der Waals surface area contributed by atoms with E-state index in [1.54, 1.807) is 39.6 Å². The summed E-state index contributed by atoms with van der Waals surface area (Å²) in [5.74, 6) is -0.165. The van der Waals surface area contributed by atoms with E-state index in [4.69, 9.17) is 0 Å². The maximum Gasteiger partial charge on any atom is 0.274 e. The first kappa shape index (κ1) is 17.9. The smallest absolute Gasteiger partial charge is 0.274 e. The lowest BCUT2D eigenvalue weighted by Gasteiger charge is -2.14. The fourth-order valence-electron chi connectivity index (χ4n) is 3.32. The molecule has 0 aromatic carbocycles. The van der Waals surface area contributed by atoms with Crippen molar-refractivity contribution in [1.82, 2.24) is 39.1 Å². The Bertz CT molecular complexity index is 1150. The highest BCUT2D eigenvalue weighted by molar-refractivity contribution is 5.93. The molecule has 144 valence electrons.